The smallest absolute Gasteiger partial charge is 0.247 e. The van der Waals surface area contributed by atoms with Crippen molar-refractivity contribution in [2.24, 2.45) is 0 Å². The van der Waals surface area contributed by atoms with E-state index in [0.29, 0.717) is 26.1 Å². The van der Waals surface area contributed by atoms with Gasteiger partial charge in [-0.15, -0.1) is 0 Å². The third kappa shape index (κ3) is 7.18. The zero-order chi connectivity index (χ0) is 24.2. The van der Waals surface area contributed by atoms with E-state index in [9.17, 15) is 9.59 Å². The first-order chi connectivity index (χ1) is 16.6. The van der Waals surface area contributed by atoms with Crippen molar-refractivity contribution >= 4 is 11.8 Å². The number of hydrogen-bond donors (Lipinski definition) is 1. The molecule has 34 heavy (non-hydrogen) atoms. The maximum Gasteiger partial charge on any atom is 0.247 e. The van der Waals surface area contributed by atoms with Gasteiger partial charge < -0.3 is 19.7 Å². The second-order valence-electron chi connectivity index (χ2n) is 7.98. The summed E-state index contributed by atoms with van der Waals surface area (Å²) in [7, 11) is 3.25. The Morgan fingerprint density at radius 1 is 0.853 bits per heavy atom. The molecule has 0 fully saturated rings. The van der Waals surface area contributed by atoms with Crippen LogP contribution in [0.25, 0.3) is 0 Å². The van der Waals surface area contributed by atoms with Crippen molar-refractivity contribution in [3.63, 3.8) is 0 Å². The maximum absolute atomic E-state index is 13.6. The molecule has 0 aromatic heterocycles. The molecule has 0 unspecified atom stereocenters. The number of methoxy groups -OCH3 is 2. The fourth-order valence-corrected chi connectivity index (χ4v) is 3.76. The van der Waals surface area contributed by atoms with Gasteiger partial charge >= 0.3 is 0 Å². The topological polar surface area (TPSA) is 67.9 Å². The number of hydrogen-bond acceptors (Lipinski definition) is 4. The summed E-state index contributed by atoms with van der Waals surface area (Å²) in [6, 6.07) is 25.8. The van der Waals surface area contributed by atoms with E-state index < -0.39 is 6.04 Å². The first-order valence-electron chi connectivity index (χ1n) is 11.4. The Labute approximate surface area is 201 Å². The summed E-state index contributed by atoms with van der Waals surface area (Å²) < 4.78 is 10.4. The molecule has 0 radical (unpaired) electrons. The second-order valence-corrected chi connectivity index (χ2v) is 7.98. The Bertz CT molecular complexity index is 1020. The van der Waals surface area contributed by atoms with Crippen molar-refractivity contribution in [1.29, 1.82) is 0 Å². The number of benzene rings is 3. The summed E-state index contributed by atoms with van der Waals surface area (Å²) >= 11 is 0. The van der Waals surface area contributed by atoms with Crippen LogP contribution >= 0.6 is 0 Å². The Balaban J connectivity index is 1.93. The summed E-state index contributed by atoms with van der Waals surface area (Å²) in [5.74, 6) is 0.404. The van der Waals surface area contributed by atoms with Crippen molar-refractivity contribution < 1.29 is 19.1 Å². The fraction of sp³-hybridized carbons (Fsp3) is 0.286. The number of nitrogens with one attached hydrogen (secondary N) is 1. The zero-order valence-corrected chi connectivity index (χ0v) is 19.8. The quantitative estimate of drug-likeness (QED) is 0.412. The third-order valence-corrected chi connectivity index (χ3v) is 5.53. The molecule has 0 heterocycles. The lowest BCUT2D eigenvalue weighted by Gasteiger charge is -2.32. The molecule has 0 spiro atoms. The first kappa shape index (κ1) is 25.0. The van der Waals surface area contributed by atoms with Gasteiger partial charge in [-0.3, -0.25) is 9.59 Å². The normalized spacial score (nSPS) is 11.5. The van der Waals surface area contributed by atoms with Crippen molar-refractivity contribution in [3.8, 4) is 5.75 Å². The molecule has 2 amide bonds. The Morgan fingerprint density at radius 3 is 2.12 bits per heavy atom. The van der Waals surface area contributed by atoms with Gasteiger partial charge in [0.2, 0.25) is 11.8 Å². The molecule has 0 aliphatic carbocycles. The van der Waals surface area contributed by atoms with Crippen LogP contribution in [0.5, 0.6) is 5.75 Å². The van der Waals surface area contributed by atoms with Gasteiger partial charge in [0, 0.05) is 26.8 Å². The van der Waals surface area contributed by atoms with Gasteiger partial charge in [-0.2, -0.15) is 0 Å². The van der Waals surface area contributed by atoms with Crippen LogP contribution in [0.4, 0.5) is 0 Å². The second kappa shape index (κ2) is 13.2. The molecule has 3 aromatic carbocycles. The summed E-state index contributed by atoms with van der Waals surface area (Å²) in [5, 5.41) is 2.99. The monoisotopic (exact) mass is 460 g/mol. The molecule has 0 saturated heterocycles. The molecule has 6 heteroatoms. The molecular weight excluding hydrogens is 428 g/mol. The van der Waals surface area contributed by atoms with Gasteiger partial charge in [-0.25, -0.2) is 0 Å². The van der Waals surface area contributed by atoms with Crippen LogP contribution in [0, 0.1) is 0 Å². The molecule has 178 valence electrons. The van der Waals surface area contributed by atoms with Crippen molar-refractivity contribution in [2.45, 2.75) is 25.4 Å². The zero-order valence-electron chi connectivity index (χ0n) is 19.8. The van der Waals surface area contributed by atoms with Gasteiger partial charge in [0.25, 0.3) is 0 Å². The SMILES string of the molecule is COCCCNC(=O)[C@H](c1ccccc1)N(Cc1ccc(OC)cc1)C(=O)Cc1ccccc1. The summed E-state index contributed by atoms with van der Waals surface area (Å²) in [4.78, 5) is 28.7. The van der Waals surface area contributed by atoms with Crippen molar-refractivity contribution in [1.82, 2.24) is 10.2 Å². The van der Waals surface area contributed by atoms with Crippen LogP contribution in [0.2, 0.25) is 0 Å². The highest BCUT2D eigenvalue weighted by molar-refractivity contribution is 5.89. The van der Waals surface area contributed by atoms with Gasteiger partial charge in [0.15, 0.2) is 0 Å². The van der Waals surface area contributed by atoms with E-state index in [1.807, 2.05) is 84.9 Å². The molecule has 1 N–H and O–H groups in total. The third-order valence-electron chi connectivity index (χ3n) is 5.53. The van der Waals surface area contributed by atoms with Crippen LogP contribution in [-0.2, 0) is 27.3 Å². The maximum atomic E-state index is 13.6. The predicted octanol–water partition coefficient (Wildman–Crippen LogP) is 4.16. The molecular formula is C28H32N2O4. The summed E-state index contributed by atoms with van der Waals surface area (Å²) in [5.41, 5.74) is 2.58. The molecule has 3 aromatic rings. The highest BCUT2D eigenvalue weighted by atomic mass is 16.5. The van der Waals surface area contributed by atoms with Crippen LogP contribution in [0.3, 0.4) is 0 Å². The Hall–Kier alpha value is -3.64. The molecule has 0 aliphatic heterocycles. The molecule has 0 aliphatic rings. The summed E-state index contributed by atoms with van der Waals surface area (Å²) in [6.45, 7) is 1.32. The molecule has 3 rings (SSSR count). The van der Waals surface area contributed by atoms with Crippen LogP contribution in [0.1, 0.15) is 29.2 Å². The number of carbonyl (C=O) groups excluding carboxylic acids is 2. The predicted molar refractivity (Wildman–Crippen MR) is 132 cm³/mol. The van der Waals surface area contributed by atoms with E-state index in [-0.39, 0.29) is 18.2 Å². The minimum absolute atomic E-state index is 0.122. The van der Waals surface area contributed by atoms with E-state index in [4.69, 9.17) is 9.47 Å². The van der Waals surface area contributed by atoms with Gasteiger partial charge in [-0.05, 0) is 35.2 Å². The van der Waals surface area contributed by atoms with Gasteiger partial charge in [0.1, 0.15) is 11.8 Å². The van der Waals surface area contributed by atoms with Crippen LogP contribution in [-0.4, -0.2) is 44.1 Å². The largest absolute Gasteiger partial charge is 0.497 e. The average molecular weight is 461 g/mol. The first-order valence-corrected chi connectivity index (χ1v) is 11.4. The van der Waals surface area contributed by atoms with E-state index >= 15 is 0 Å². The van der Waals surface area contributed by atoms with Crippen molar-refractivity contribution in [2.75, 3.05) is 27.4 Å². The number of amides is 2. The van der Waals surface area contributed by atoms with Crippen LogP contribution in [0.15, 0.2) is 84.9 Å². The number of nitrogens with zero attached hydrogens (tertiary/aromatic N) is 1. The average Bonchev–Trinajstić information content (AvgIpc) is 2.88. The number of ether oxygens (including phenoxy) is 2. The standard InChI is InChI=1S/C28H32N2O4/c1-33-19-9-18-29-28(32)27(24-12-7-4-8-13-24)30(21-23-14-16-25(34-2)17-15-23)26(31)20-22-10-5-3-6-11-22/h3-8,10-17,27H,9,18-21H2,1-2H3,(H,29,32)/t27-/m0/s1. The van der Waals surface area contributed by atoms with E-state index in [1.54, 1.807) is 19.1 Å². The highest BCUT2D eigenvalue weighted by Crippen LogP contribution is 2.25. The van der Waals surface area contributed by atoms with E-state index in [1.165, 1.54) is 0 Å². The van der Waals surface area contributed by atoms with E-state index in [0.717, 1.165) is 22.4 Å². The number of rotatable bonds is 12. The van der Waals surface area contributed by atoms with Crippen LogP contribution < -0.4 is 10.1 Å². The van der Waals surface area contributed by atoms with Gasteiger partial charge in [0.05, 0.1) is 13.5 Å². The molecule has 0 bridgehead atoms. The minimum atomic E-state index is -0.762. The molecule has 1 atom stereocenters. The summed E-state index contributed by atoms with van der Waals surface area (Å²) in [6.07, 6.45) is 0.900. The molecule has 6 nitrogen and oxygen atoms in total. The van der Waals surface area contributed by atoms with Crippen molar-refractivity contribution in [3.05, 3.63) is 102 Å². The van der Waals surface area contributed by atoms with E-state index in [2.05, 4.69) is 5.32 Å². The van der Waals surface area contributed by atoms with Gasteiger partial charge in [-0.1, -0.05) is 72.8 Å². The highest BCUT2D eigenvalue weighted by Gasteiger charge is 2.31. The lowest BCUT2D eigenvalue weighted by Crippen LogP contribution is -2.44. The Kier molecular flexibility index (Phi) is 9.67. The fourth-order valence-electron chi connectivity index (χ4n) is 3.76. The Morgan fingerprint density at radius 2 is 1.50 bits per heavy atom. The number of carbonyl (C=O) groups is 2. The minimum Gasteiger partial charge on any atom is -0.497 e. The molecule has 0 saturated carbocycles. The lowest BCUT2D eigenvalue weighted by molar-refractivity contribution is -0.141. The lowest BCUT2D eigenvalue weighted by atomic mass is 10.0.